The summed E-state index contributed by atoms with van der Waals surface area (Å²) >= 11 is 0. The molecule has 2 aromatic rings. The summed E-state index contributed by atoms with van der Waals surface area (Å²) in [5, 5.41) is 9.00. The van der Waals surface area contributed by atoms with Crippen molar-refractivity contribution in [1.82, 2.24) is 9.71 Å². The average Bonchev–Trinajstić information content (AvgIpc) is 2.35. The second-order valence-corrected chi connectivity index (χ2v) is 1.94. The minimum Gasteiger partial charge on any atom is -0.428 e. The molecule has 3 heteroatoms. The molecule has 2 rings (SSSR count). The molecule has 0 aliphatic heterocycles. The van der Waals surface area contributed by atoms with Gasteiger partial charge in [-0.1, -0.05) is 0 Å². The van der Waals surface area contributed by atoms with Crippen LogP contribution in [0.4, 0.5) is 0 Å². The second kappa shape index (κ2) is 1.31. The summed E-state index contributed by atoms with van der Waals surface area (Å²) in [6.07, 6.45) is 3.39. The number of hydrogen-bond donors (Lipinski definition) is 2. The van der Waals surface area contributed by atoms with E-state index in [1.807, 2.05) is 12.1 Å². The van der Waals surface area contributed by atoms with Gasteiger partial charge in [0.1, 0.15) is 5.52 Å². The first-order valence-electron chi connectivity index (χ1n) is 2.71. The predicted molar refractivity (Wildman–Crippen MR) is 33.5 cm³/mol. The van der Waals surface area contributed by atoms with Crippen molar-refractivity contribution in [3.63, 3.8) is 0 Å². The maximum atomic E-state index is 9.00. The molecule has 0 radical (unpaired) electrons. The molecule has 3 nitrogen and oxygen atoms in total. The number of rotatable bonds is 0. The summed E-state index contributed by atoms with van der Waals surface area (Å²) in [5.74, 6) is 0. The zero-order chi connectivity index (χ0) is 6.27. The van der Waals surface area contributed by atoms with Crippen LogP contribution in [0, 0.1) is 0 Å². The zero-order valence-electron chi connectivity index (χ0n) is 4.70. The van der Waals surface area contributed by atoms with Crippen LogP contribution in [0.25, 0.3) is 11.0 Å². The molecule has 9 heavy (non-hydrogen) atoms. The van der Waals surface area contributed by atoms with E-state index in [0.717, 1.165) is 15.8 Å². The SMILES string of the molecule is On1ccc2[nH]ccc21. The van der Waals surface area contributed by atoms with Gasteiger partial charge in [-0.05, 0) is 12.1 Å². The van der Waals surface area contributed by atoms with Crippen molar-refractivity contribution in [2.24, 2.45) is 0 Å². The van der Waals surface area contributed by atoms with Gasteiger partial charge in [-0.15, -0.1) is 0 Å². The summed E-state index contributed by atoms with van der Waals surface area (Å²) in [7, 11) is 0. The van der Waals surface area contributed by atoms with E-state index in [1.165, 1.54) is 0 Å². The topological polar surface area (TPSA) is 41.0 Å². The van der Waals surface area contributed by atoms with Crippen LogP contribution in [0.15, 0.2) is 24.5 Å². The van der Waals surface area contributed by atoms with Gasteiger partial charge in [0.05, 0.1) is 5.52 Å². The molecule has 2 N–H and O–H groups in total. The summed E-state index contributed by atoms with van der Waals surface area (Å²) in [6, 6.07) is 3.63. The number of aromatic amines is 1. The Kier molecular flexibility index (Phi) is 0.656. The van der Waals surface area contributed by atoms with Crippen molar-refractivity contribution < 1.29 is 5.21 Å². The largest absolute Gasteiger partial charge is 0.428 e. The Labute approximate surface area is 51.5 Å². The van der Waals surface area contributed by atoms with Crippen molar-refractivity contribution >= 4 is 11.0 Å². The van der Waals surface area contributed by atoms with Crippen LogP contribution in [0.2, 0.25) is 0 Å². The van der Waals surface area contributed by atoms with Gasteiger partial charge in [0, 0.05) is 12.4 Å². The molecule has 0 bridgehead atoms. The second-order valence-electron chi connectivity index (χ2n) is 1.94. The third-order valence-corrected chi connectivity index (χ3v) is 1.39. The zero-order valence-corrected chi connectivity index (χ0v) is 4.70. The van der Waals surface area contributed by atoms with E-state index in [1.54, 1.807) is 12.4 Å². The van der Waals surface area contributed by atoms with Crippen molar-refractivity contribution in [2.75, 3.05) is 0 Å². The van der Waals surface area contributed by atoms with Crippen LogP contribution >= 0.6 is 0 Å². The highest BCUT2D eigenvalue weighted by Gasteiger charge is 1.96. The fraction of sp³-hybridized carbons (Fsp3) is 0. The molecule has 46 valence electrons. The Morgan fingerprint density at radius 1 is 1.44 bits per heavy atom. The lowest BCUT2D eigenvalue weighted by Crippen LogP contribution is -1.82. The standard InChI is InChI=1S/C6H6N2O/c9-8-4-2-5-6(8)1-3-7-5/h1-4,7,9H. The normalized spacial score (nSPS) is 10.7. The van der Waals surface area contributed by atoms with Crippen molar-refractivity contribution in [3.05, 3.63) is 24.5 Å². The highest BCUT2D eigenvalue weighted by Crippen LogP contribution is 2.10. The van der Waals surface area contributed by atoms with E-state index in [0.29, 0.717) is 0 Å². The molecule has 0 aliphatic carbocycles. The van der Waals surface area contributed by atoms with Gasteiger partial charge in [0.2, 0.25) is 0 Å². The van der Waals surface area contributed by atoms with E-state index in [2.05, 4.69) is 4.98 Å². The smallest absolute Gasteiger partial charge is 0.104 e. The highest BCUT2D eigenvalue weighted by atomic mass is 16.5. The van der Waals surface area contributed by atoms with E-state index < -0.39 is 0 Å². The third kappa shape index (κ3) is 0.455. The van der Waals surface area contributed by atoms with E-state index in [9.17, 15) is 0 Å². The average molecular weight is 122 g/mol. The first kappa shape index (κ1) is 4.49. The van der Waals surface area contributed by atoms with Crippen molar-refractivity contribution in [3.8, 4) is 0 Å². The number of nitrogens with zero attached hydrogens (tertiary/aromatic N) is 1. The van der Waals surface area contributed by atoms with Gasteiger partial charge in [-0.2, -0.15) is 4.73 Å². The molecule has 0 spiro atoms. The predicted octanol–water partition coefficient (Wildman–Crippen LogP) is 1.21. The van der Waals surface area contributed by atoms with Gasteiger partial charge in [-0.3, -0.25) is 0 Å². The molecule has 0 aliphatic rings. The molecule has 0 fully saturated rings. The molecular weight excluding hydrogens is 116 g/mol. The van der Waals surface area contributed by atoms with Crippen LogP contribution < -0.4 is 0 Å². The van der Waals surface area contributed by atoms with Gasteiger partial charge in [-0.25, -0.2) is 0 Å². The lowest BCUT2D eigenvalue weighted by Gasteiger charge is -1.85. The molecule has 0 saturated carbocycles. The molecule has 0 unspecified atom stereocenters. The number of aromatic nitrogens is 2. The molecule has 0 amide bonds. The summed E-state index contributed by atoms with van der Waals surface area (Å²) < 4.78 is 1.09. The first-order chi connectivity index (χ1) is 4.38. The Bertz CT molecular complexity index is 320. The number of H-pyrrole nitrogens is 1. The number of nitrogens with one attached hydrogen (secondary N) is 1. The monoisotopic (exact) mass is 122 g/mol. The number of hydrogen-bond acceptors (Lipinski definition) is 1. The maximum absolute atomic E-state index is 9.00. The lowest BCUT2D eigenvalue weighted by molar-refractivity contribution is 0.200. The molecular formula is C6H6N2O. The minimum atomic E-state index is 0.815. The van der Waals surface area contributed by atoms with Crippen LogP contribution in [0.1, 0.15) is 0 Å². The Balaban J connectivity index is 2.99. The summed E-state index contributed by atoms with van der Waals surface area (Å²) in [4.78, 5) is 2.96. The van der Waals surface area contributed by atoms with Gasteiger partial charge >= 0.3 is 0 Å². The van der Waals surface area contributed by atoms with Crippen LogP contribution in [0.3, 0.4) is 0 Å². The number of fused-ring (bicyclic) bond motifs is 1. The van der Waals surface area contributed by atoms with Crippen molar-refractivity contribution in [1.29, 1.82) is 0 Å². The summed E-state index contributed by atoms with van der Waals surface area (Å²) in [5.41, 5.74) is 1.77. The van der Waals surface area contributed by atoms with Crippen LogP contribution in [-0.4, -0.2) is 14.9 Å². The third-order valence-electron chi connectivity index (χ3n) is 1.39. The quantitative estimate of drug-likeness (QED) is 0.506. The Morgan fingerprint density at radius 3 is 3.11 bits per heavy atom. The van der Waals surface area contributed by atoms with Gasteiger partial charge < -0.3 is 10.2 Å². The molecule has 0 saturated heterocycles. The van der Waals surface area contributed by atoms with E-state index in [4.69, 9.17) is 5.21 Å². The van der Waals surface area contributed by atoms with E-state index in [-0.39, 0.29) is 0 Å². The highest BCUT2D eigenvalue weighted by molar-refractivity contribution is 5.75. The van der Waals surface area contributed by atoms with Crippen LogP contribution in [0.5, 0.6) is 0 Å². The van der Waals surface area contributed by atoms with E-state index >= 15 is 0 Å². The molecule has 0 aromatic carbocycles. The first-order valence-corrected chi connectivity index (χ1v) is 2.71. The van der Waals surface area contributed by atoms with Gasteiger partial charge in [0.25, 0.3) is 0 Å². The van der Waals surface area contributed by atoms with Crippen LogP contribution in [-0.2, 0) is 0 Å². The lowest BCUT2D eigenvalue weighted by atomic mass is 10.5. The fourth-order valence-electron chi connectivity index (χ4n) is 0.933. The molecule has 2 heterocycles. The van der Waals surface area contributed by atoms with Crippen molar-refractivity contribution in [2.45, 2.75) is 0 Å². The Morgan fingerprint density at radius 2 is 2.33 bits per heavy atom. The molecule has 0 atom stereocenters. The summed E-state index contributed by atoms with van der Waals surface area (Å²) in [6.45, 7) is 0. The fourth-order valence-corrected chi connectivity index (χ4v) is 0.933. The Hall–Kier alpha value is -1.38. The minimum absolute atomic E-state index is 0.815. The molecule has 2 aromatic heterocycles. The van der Waals surface area contributed by atoms with Gasteiger partial charge in [0.15, 0.2) is 0 Å². The maximum Gasteiger partial charge on any atom is 0.104 e.